The first kappa shape index (κ1) is 50.4. The quantitative estimate of drug-likeness (QED) is 0.0301. The number of unbranched alkanes of at least 4 members (excludes halogenated alkanes) is 10. The number of nitrogens with one attached hydrogen (secondary N) is 1. The van der Waals surface area contributed by atoms with Crippen molar-refractivity contribution < 1.29 is 18.3 Å². The smallest absolute Gasteiger partial charge is 0.334 e. The average molecular weight is 858 g/mol. The first-order valence-corrected chi connectivity index (χ1v) is 26.6. The van der Waals surface area contributed by atoms with E-state index in [1.54, 1.807) is 0 Å². The van der Waals surface area contributed by atoms with E-state index in [0.29, 0.717) is 0 Å². The molecule has 4 rings (SSSR count). The van der Waals surface area contributed by atoms with Gasteiger partial charge in [-0.15, -0.1) is 0 Å². The van der Waals surface area contributed by atoms with E-state index < -0.39 is 8.56 Å². The van der Waals surface area contributed by atoms with Crippen molar-refractivity contribution in [2.75, 3.05) is 33.0 Å². The van der Waals surface area contributed by atoms with Crippen LogP contribution in [0, 0.1) is 6.92 Å². The molecule has 0 aromatic heterocycles. The second kappa shape index (κ2) is 30.0. The fourth-order valence-electron chi connectivity index (χ4n) is 7.53. The van der Waals surface area contributed by atoms with Crippen LogP contribution in [0.1, 0.15) is 156 Å². The van der Waals surface area contributed by atoms with Crippen LogP contribution in [-0.4, -0.2) is 41.5 Å². The minimum Gasteiger partial charge on any atom is -0.493 e. The molecule has 0 saturated carbocycles. The van der Waals surface area contributed by atoms with E-state index in [0.717, 1.165) is 93.0 Å². The van der Waals surface area contributed by atoms with Gasteiger partial charge in [-0.2, -0.15) is 0 Å². The van der Waals surface area contributed by atoms with Gasteiger partial charge in [0.15, 0.2) is 0 Å². The molecule has 62 heavy (non-hydrogen) atoms. The van der Waals surface area contributed by atoms with Crippen LogP contribution in [0.25, 0.3) is 36.5 Å². The number of benzene rings is 4. The number of rotatable bonds is 32. The predicted octanol–water partition coefficient (Wildman–Crippen LogP) is 15.6. The molecule has 5 nitrogen and oxygen atoms in total. The molecule has 0 radical (unpaired) electrons. The summed E-state index contributed by atoms with van der Waals surface area (Å²) in [6, 6.07) is 31.6. The van der Waals surface area contributed by atoms with Crippen molar-refractivity contribution in [2.24, 2.45) is 0 Å². The predicted molar refractivity (Wildman–Crippen MR) is 271 cm³/mol. The zero-order chi connectivity index (χ0) is 44.1. The maximum atomic E-state index is 6.39. The molecule has 4 aromatic rings. The summed E-state index contributed by atoms with van der Waals surface area (Å²) in [7, 11) is -2.03. The lowest BCUT2D eigenvalue weighted by Crippen LogP contribution is -2.39. The van der Waals surface area contributed by atoms with Crippen LogP contribution in [0.2, 0.25) is 12.6 Å². The van der Waals surface area contributed by atoms with Gasteiger partial charge in [0.25, 0.3) is 0 Å². The largest absolute Gasteiger partial charge is 0.493 e. The molecule has 0 spiro atoms. The van der Waals surface area contributed by atoms with Gasteiger partial charge in [-0.05, 0) is 110 Å². The second-order valence-electron chi connectivity index (χ2n) is 16.7. The molecule has 1 N–H and O–H groups in total. The normalized spacial score (nSPS) is 12.0. The van der Waals surface area contributed by atoms with Gasteiger partial charge < -0.3 is 23.6 Å². The zero-order valence-electron chi connectivity index (χ0n) is 39.3. The van der Waals surface area contributed by atoms with Crippen LogP contribution in [0.5, 0.6) is 11.5 Å². The van der Waals surface area contributed by atoms with Crippen LogP contribution in [0.15, 0.2) is 84.9 Å². The Bertz CT molecular complexity index is 1880. The van der Waals surface area contributed by atoms with Crippen molar-refractivity contribution >= 4 is 45.0 Å². The number of ether oxygens (including phenoxy) is 2. The Morgan fingerprint density at radius 2 is 0.903 bits per heavy atom. The molecule has 6 heteroatoms. The summed E-state index contributed by atoms with van der Waals surface area (Å²) in [5.41, 5.74) is 9.35. The lowest BCUT2D eigenvalue weighted by molar-refractivity contribution is 0.188. The van der Waals surface area contributed by atoms with E-state index in [4.69, 9.17) is 18.3 Å². The fraction of sp³-hybridized carbons (Fsp3) is 0.464. The third-order valence-corrected chi connectivity index (χ3v) is 14.3. The SMILES string of the molecule is CCCCCCCCOc1cc(/C=C/c2ccc(/C=C/c3ccc(/C=C/c4ccc(CNCCC[Si](C)(OCC)OCC)cc4)cc3)cc2)c(OCCCCCCCC)cc1C. The Kier molecular flexibility index (Phi) is 24.4. The highest BCUT2D eigenvalue weighted by molar-refractivity contribution is 6.66. The Morgan fingerprint density at radius 1 is 0.484 bits per heavy atom. The summed E-state index contributed by atoms with van der Waals surface area (Å²) in [6.07, 6.45) is 29.2. The van der Waals surface area contributed by atoms with Crippen molar-refractivity contribution in [3.05, 3.63) is 129 Å². The summed E-state index contributed by atoms with van der Waals surface area (Å²) in [4.78, 5) is 0. The highest BCUT2D eigenvalue weighted by atomic mass is 28.4. The molecule has 336 valence electrons. The van der Waals surface area contributed by atoms with Crippen LogP contribution in [0.4, 0.5) is 0 Å². The average Bonchev–Trinajstić information content (AvgIpc) is 3.28. The first-order chi connectivity index (χ1) is 30.3. The zero-order valence-corrected chi connectivity index (χ0v) is 40.3. The van der Waals surface area contributed by atoms with Crippen LogP contribution in [-0.2, 0) is 15.4 Å². The molecular formula is C56H79NO4Si. The maximum absolute atomic E-state index is 6.39. The van der Waals surface area contributed by atoms with Gasteiger partial charge in [0, 0.05) is 25.3 Å². The third kappa shape index (κ3) is 19.9. The molecule has 0 amide bonds. The van der Waals surface area contributed by atoms with Gasteiger partial charge in [-0.25, -0.2) is 0 Å². The first-order valence-electron chi connectivity index (χ1n) is 24.1. The molecule has 4 aromatic carbocycles. The van der Waals surface area contributed by atoms with Crippen LogP contribution < -0.4 is 14.8 Å². The molecule has 0 saturated heterocycles. The molecule has 0 aliphatic heterocycles. The lowest BCUT2D eigenvalue weighted by Gasteiger charge is -2.25. The summed E-state index contributed by atoms with van der Waals surface area (Å²) in [5.74, 6) is 1.89. The molecule has 0 heterocycles. The van der Waals surface area contributed by atoms with Gasteiger partial charge >= 0.3 is 8.56 Å². The van der Waals surface area contributed by atoms with E-state index in [1.165, 1.54) is 92.0 Å². The summed E-state index contributed by atoms with van der Waals surface area (Å²) in [5, 5.41) is 3.58. The van der Waals surface area contributed by atoms with E-state index in [2.05, 4.69) is 154 Å². The Hall–Kier alpha value is -4.20. The van der Waals surface area contributed by atoms with Crippen LogP contribution >= 0.6 is 0 Å². The highest BCUT2D eigenvalue weighted by Gasteiger charge is 2.29. The third-order valence-electron chi connectivity index (χ3n) is 11.3. The number of aryl methyl sites for hydroxylation is 1. The van der Waals surface area contributed by atoms with Crippen molar-refractivity contribution in [1.29, 1.82) is 0 Å². The van der Waals surface area contributed by atoms with Crippen molar-refractivity contribution in [3.63, 3.8) is 0 Å². The lowest BCUT2D eigenvalue weighted by atomic mass is 10.1. The van der Waals surface area contributed by atoms with E-state index in [-0.39, 0.29) is 0 Å². The molecule has 0 unspecified atom stereocenters. The van der Waals surface area contributed by atoms with E-state index >= 15 is 0 Å². The Balaban J connectivity index is 1.27. The molecule has 0 atom stereocenters. The van der Waals surface area contributed by atoms with Gasteiger partial charge in [0.1, 0.15) is 11.5 Å². The monoisotopic (exact) mass is 858 g/mol. The van der Waals surface area contributed by atoms with Gasteiger partial charge in [-0.1, -0.05) is 187 Å². The molecule has 0 aliphatic carbocycles. The Labute approximate surface area is 378 Å². The van der Waals surface area contributed by atoms with Crippen molar-refractivity contribution in [1.82, 2.24) is 5.32 Å². The number of hydrogen-bond donors (Lipinski definition) is 1. The topological polar surface area (TPSA) is 49.0 Å². The summed E-state index contributed by atoms with van der Waals surface area (Å²) < 4.78 is 24.6. The van der Waals surface area contributed by atoms with Crippen LogP contribution in [0.3, 0.4) is 0 Å². The van der Waals surface area contributed by atoms with Crippen molar-refractivity contribution in [3.8, 4) is 11.5 Å². The summed E-state index contributed by atoms with van der Waals surface area (Å²) >= 11 is 0. The van der Waals surface area contributed by atoms with Gasteiger partial charge in [0.05, 0.1) is 13.2 Å². The molecular weight excluding hydrogens is 779 g/mol. The molecule has 0 bridgehead atoms. The van der Waals surface area contributed by atoms with Gasteiger partial charge in [0.2, 0.25) is 0 Å². The molecule has 0 fully saturated rings. The highest BCUT2D eigenvalue weighted by Crippen LogP contribution is 2.31. The fourth-order valence-corrected chi connectivity index (χ4v) is 9.95. The minimum atomic E-state index is -2.03. The standard InChI is InChI=1S/C56H79NO4Si/c1-7-11-13-15-17-19-41-58-55-45-54(56(44-47(55)5)59-42-20-18-16-14-12-8-2)39-38-52-32-30-50(31-33-52)27-26-48-22-24-49(25-23-48)28-29-51-34-36-53(37-35-51)46-57-40-21-43-62(6,60-9-3)61-10-4/h22-39,44-45,57H,7-21,40-43,46H2,1-6H3/b27-26+,29-28+,39-38+. The van der Waals surface area contributed by atoms with Crippen molar-refractivity contribution in [2.45, 2.75) is 137 Å². The Morgan fingerprint density at radius 3 is 1.37 bits per heavy atom. The van der Waals surface area contributed by atoms with E-state index in [9.17, 15) is 0 Å². The summed E-state index contributed by atoms with van der Waals surface area (Å²) in [6.45, 7) is 17.7. The minimum absolute atomic E-state index is 0.722. The second-order valence-corrected chi connectivity index (χ2v) is 20.1. The maximum Gasteiger partial charge on any atom is 0.334 e. The number of hydrogen-bond acceptors (Lipinski definition) is 5. The molecule has 0 aliphatic rings. The van der Waals surface area contributed by atoms with E-state index in [1.807, 2.05) is 13.8 Å². The van der Waals surface area contributed by atoms with Gasteiger partial charge in [-0.3, -0.25) is 0 Å².